The van der Waals surface area contributed by atoms with Gasteiger partial charge in [0.05, 0.1) is 4.92 Å². The van der Waals surface area contributed by atoms with Crippen molar-refractivity contribution in [2.45, 2.75) is 13.8 Å². The third kappa shape index (κ3) is 3.06. The number of nitro benzene ring substituents is 1. The largest absolute Gasteiger partial charge is 0.320 e. The molecule has 3 aromatic rings. The number of hydrogen-bond acceptors (Lipinski definition) is 3. The molecule has 0 aliphatic rings. The molecule has 1 aromatic heterocycles. The zero-order valence-electron chi connectivity index (χ0n) is 13.7. The molecule has 1 heterocycles. The Labute approximate surface area is 149 Å². The number of benzene rings is 2. The van der Waals surface area contributed by atoms with Gasteiger partial charge in [-0.3, -0.25) is 14.9 Å². The summed E-state index contributed by atoms with van der Waals surface area (Å²) in [7, 11) is 0. The van der Waals surface area contributed by atoms with Crippen LogP contribution < -0.4 is 0 Å². The molecule has 0 aliphatic carbocycles. The molecule has 0 amide bonds. The number of para-hydroxylation sites is 1. The number of Topliss-reactive ketones (excluding diaryl/α,β-unsaturated/α-hetero) is 1. The number of nitro groups is 1. The zero-order valence-corrected chi connectivity index (χ0v) is 14.4. The van der Waals surface area contributed by atoms with Gasteiger partial charge in [0.15, 0.2) is 5.78 Å². The molecule has 0 N–H and O–H groups in total. The molecule has 0 atom stereocenters. The van der Waals surface area contributed by atoms with Gasteiger partial charge < -0.3 is 4.57 Å². The molecule has 2 aromatic carbocycles. The van der Waals surface area contributed by atoms with E-state index >= 15 is 0 Å². The van der Waals surface area contributed by atoms with Crippen LogP contribution in [-0.2, 0) is 0 Å². The zero-order chi connectivity index (χ0) is 18.1. The summed E-state index contributed by atoms with van der Waals surface area (Å²) in [6.45, 7) is 3.35. The second-order valence-corrected chi connectivity index (χ2v) is 6.10. The van der Waals surface area contributed by atoms with E-state index in [1.54, 1.807) is 6.07 Å². The molecule has 0 saturated carbocycles. The van der Waals surface area contributed by atoms with Crippen molar-refractivity contribution in [3.63, 3.8) is 0 Å². The Balaban J connectivity index is 2.25. The molecule has 0 unspecified atom stereocenters. The molecule has 0 spiro atoms. The molecule has 0 bridgehead atoms. The summed E-state index contributed by atoms with van der Waals surface area (Å²) in [5.74, 6) is -0.0974. The first-order chi connectivity index (χ1) is 11.9. The van der Waals surface area contributed by atoms with Gasteiger partial charge >= 0.3 is 0 Å². The van der Waals surface area contributed by atoms with E-state index in [1.807, 2.05) is 48.0 Å². The number of aromatic nitrogens is 1. The summed E-state index contributed by atoms with van der Waals surface area (Å²) in [6, 6.07) is 14.2. The number of rotatable bonds is 4. The van der Waals surface area contributed by atoms with Crippen molar-refractivity contribution < 1.29 is 9.72 Å². The third-order valence-electron chi connectivity index (χ3n) is 4.09. The van der Waals surface area contributed by atoms with Gasteiger partial charge in [-0.05, 0) is 37.6 Å². The Morgan fingerprint density at radius 1 is 1.16 bits per heavy atom. The maximum absolute atomic E-state index is 12.2. The van der Waals surface area contributed by atoms with Crippen molar-refractivity contribution in [2.75, 3.05) is 0 Å². The van der Waals surface area contributed by atoms with Crippen LogP contribution in [0, 0.1) is 17.0 Å². The van der Waals surface area contributed by atoms with Gasteiger partial charge in [0.2, 0.25) is 0 Å². The first kappa shape index (κ1) is 16.9. The Bertz CT molecular complexity index is 978. The predicted octanol–water partition coefficient (Wildman–Crippen LogP) is 5.22. The molecule has 0 saturated heterocycles. The number of carbonyl (C=O) groups excluding carboxylic acids is 1. The first-order valence-corrected chi connectivity index (χ1v) is 8.00. The van der Waals surface area contributed by atoms with E-state index in [0.717, 1.165) is 11.4 Å². The SMILES string of the molecule is CC(=O)c1c(-c2ccc(Cl)c([N+](=O)[O-])c2)cn(-c2ccccc2)c1C. The summed E-state index contributed by atoms with van der Waals surface area (Å²) < 4.78 is 1.91. The van der Waals surface area contributed by atoms with Gasteiger partial charge in [0, 0.05) is 34.8 Å². The van der Waals surface area contributed by atoms with E-state index in [9.17, 15) is 14.9 Å². The summed E-state index contributed by atoms with van der Waals surface area (Å²) in [5.41, 5.74) is 3.29. The van der Waals surface area contributed by atoms with E-state index < -0.39 is 4.92 Å². The lowest BCUT2D eigenvalue weighted by Gasteiger charge is -2.06. The van der Waals surface area contributed by atoms with Crippen LogP contribution >= 0.6 is 11.6 Å². The van der Waals surface area contributed by atoms with Crippen molar-refractivity contribution in [3.05, 3.63) is 81.1 Å². The fourth-order valence-corrected chi connectivity index (χ4v) is 3.13. The second-order valence-electron chi connectivity index (χ2n) is 5.69. The minimum absolute atomic E-state index is 0.0670. The van der Waals surface area contributed by atoms with Crippen LogP contribution in [0.4, 0.5) is 5.69 Å². The number of hydrogen-bond donors (Lipinski definition) is 0. The maximum Gasteiger partial charge on any atom is 0.288 e. The lowest BCUT2D eigenvalue weighted by atomic mass is 10.0. The quantitative estimate of drug-likeness (QED) is 0.366. The van der Waals surface area contributed by atoms with Gasteiger partial charge in [-0.2, -0.15) is 0 Å². The first-order valence-electron chi connectivity index (χ1n) is 7.62. The Morgan fingerprint density at radius 2 is 1.84 bits per heavy atom. The lowest BCUT2D eigenvalue weighted by molar-refractivity contribution is -0.384. The molecule has 25 heavy (non-hydrogen) atoms. The van der Waals surface area contributed by atoms with E-state index in [-0.39, 0.29) is 16.5 Å². The van der Waals surface area contributed by atoms with Crippen LogP contribution in [-0.4, -0.2) is 15.3 Å². The van der Waals surface area contributed by atoms with Crippen molar-refractivity contribution in [2.24, 2.45) is 0 Å². The van der Waals surface area contributed by atoms with E-state index in [0.29, 0.717) is 16.7 Å². The maximum atomic E-state index is 12.2. The van der Waals surface area contributed by atoms with Crippen LogP contribution in [0.3, 0.4) is 0 Å². The van der Waals surface area contributed by atoms with Gasteiger partial charge in [0.1, 0.15) is 5.02 Å². The monoisotopic (exact) mass is 354 g/mol. The second kappa shape index (κ2) is 6.53. The average Bonchev–Trinajstić information content (AvgIpc) is 2.93. The van der Waals surface area contributed by atoms with Crippen LogP contribution in [0.25, 0.3) is 16.8 Å². The van der Waals surface area contributed by atoms with Crippen LogP contribution in [0.2, 0.25) is 5.02 Å². The normalized spacial score (nSPS) is 10.7. The van der Waals surface area contributed by atoms with Crippen molar-refractivity contribution in [1.29, 1.82) is 0 Å². The van der Waals surface area contributed by atoms with Gasteiger partial charge in [-0.1, -0.05) is 35.9 Å². The number of halogens is 1. The molecule has 6 heteroatoms. The molecule has 5 nitrogen and oxygen atoms in total. The lowest BCUT2D eigenvalue weighted by Crippen LogP contribution is -1.99. The highest BCUT2D eigenvalue weighted by atomic mass is 35.5. The standard InChI is InChI=1S/C19H15ClN2O3/c1-12-19(13(2)23)16(11-21(12)15-6-4-3-5-7-15)14-8-9-17(20)18(10-14)22(24)25/h3-11H,1-2H3. The summed E-state index contributed by atoms with van der Waals surface area (Å²) in [5, 5.41) is 11.2. The van der Waals surface area contributed by atoms with Crippen molar-refractivity contribution in [1.82, 2.24) is 4.57 Å². The van der Waals surface area contributed by atoms with Crippen molar-refractivity contribution in [3.8, 4) is 16.8 Å². The molecular weight excluding hydrogens is 340 g/mol. The average molecular weight is 355 g/mol. The minimum Gasteiger partial charge on any atom is -0.320 e. The molecule has 0 aliphatic heterocycles. The fraction of sp³-hybridized carbons (Fsp3) is 0.105. The smallest absolute Gasteiger partial charge is 0.288 e. The topological polar surface area (TPSA) is 65.1 Å². The third-order valence-corrected chi connectivity index (χ3v) is 4.41. The Kier molecular flexibility index (Phi) is 4.42. The van der Waals surface area contributed by atoms with Gasteiger partial charge in [-0.15, -0.1) is 0 Å². The van der Waals surface area contributed by atoms with Crippen LogP contribution in [0.1, 0.15) is 23.0 Å². The number of nitrogens with zero attached hydrogens (tertiary/aromatic N) is 2. The van der Waals surface area contributed by atoms with Gasteiger partial charge in [0.25, 0.3) is 5.69 Å². The highest BCUT2D eigenvalue weighted by Crippen LogP contribution is 2.35. The van der Waals surface area contributed by atoms with E-state index in [1.165, 1.54) is 19.1 Å². The fourth-order valence-electron chi connectivity index (χ4n) is 2.95. The summed E-state index contributed by atoms with van der Waals surface area (Å²) in [4.78, 5) is 22.9. The molecule has 3 rings (SSSR count). The highest BCUT2D eigenvalue weighted by molar-refractivity contribution is 6.32. The highest BCUT2D eigenvalue weighted by Gasteiger charge is 2.21. The molecule has 126 valence electrons. The number of ketones is 1. The molecule has 0 fully saturated rings. The molecular formula is C19H15ClN2O3. The summed E-state index contributed by atoms with van der Waals surface area (Å²) >= 11 is 5.90. The van der Waals surface area contributed by atoms with Crippen LogP contribution in [0.5, 0.6) is 0 Å². The Morgan fingerprint density at radius 3 is 2.44 bits per heavy atom. The van der Waals surface area contributed by atoms with E-state index in [2.05, 4.69) is 0 Å². The molecule has 0 radical (unpaired) electrons. The predicted molar refractivity (Wildman–Crippen MR) is 97.6 cm³/mol. The Hall–Kier alpha value is -2.92. The minimum atomic E-state index is -0.527. The van der Waals surface area contributed by atoms with Gasteiger partial charge in [-0.25, -0.2) is 0 Å². The van der Waals surface area contributed by atoms with Crippen molar-refractivity contribution >= 4 is 23.1 Å². The van der Waals surface area contributed by atoms with E-state index in [4.69, 9.17) is 11.6 Å². The van der Waals surface area contributed by atoms with Crippen LogP contribution in [0.15, 0.2) is 54.7 Å². The summed E-state index contributed by atoms with van der Waals surface area (Å²) in [6.07, 6.45) is 1.83. The number of carbonyl (C=O) groups is 1.